The SMILES string of the molecule is CC(C)(C)OC(=O)NC(COS(C)(=O)=O)c1cc(F)cc(Br)c1. The Morgan fingerprint density at radius 1 is 1.35 bits per heavy atom. The van der Waals surface area contributed by atoms with Gasteiger partial charge in [0.1, 0.15) is 11.4 Å². The molecule has 0 aliphatic carbocycles. The van der Waals surface area contributed by atoms with Crippen molar-refractivity contribution < 1.29 is 26.5 Å². The van der Waals surface area contributed by atoms with E-state index in [1.54, 1.807) is 26.8 Å². The Morgan fingerprint density at radius 2 is 1.96 bits per heavy atom. The topological polar surface area (TPSA) is 81.7 Å². The molecule has 23 heavy (non-hydrogen) atoms. The Hall–Kier alpha value is -1.19. The van der Waals surface area contributed by atoms with Crippen molar-refractivity contribution in [2.24, 2.45) is 0 Å². The number of hydrogen-bond donors (Lipinski definition) is 1. The lowest BCUT2D eigenvalue weighted by Gasteiger charge is -2.23. The van der Waals surface area contributed by atoms with Crippen molar-refractivity contribution in [3.05, 3.63) is 34.1 Å². The fraction of sp³-hybridized carbons (Fsp3) is 0.500. The number of halogens is 2. The van der Waals surface area contributed by atoms with Crippen molar-refractivity contribution in [3.63, 3.8) is 0 Å². The summed E-state index contributed by atoms with van der Waals surface area (Å²) in [7, 11) is -3.72. The minimum atomic E-state index is -3.72. The molecule has 1 N–H and O–H groups in total. The highest BCUT2D eigenvalue weighted by Gasteiger charge is 2.22. The summed E-state index contributed by atoms with van der Waals surface area (Å²) in [5, 5.41) is 2.48. The van der Waals surface area contributed by atoms with E-state index in [2.05, 4.69) is 21.2 Å². The van der Waals surface area contributed by atoms with Crippen LogP contribution in [-0.2, 0) is 19.0 Å². The summed E-state index contributed by atoms with van der Waals surface area (Å²) in [6, 6.07) is 3.08. The van der Waals surface area contributed by atoms with E-state index in [4.69, 9.17) is 8.92 Å². The monoisotopic (exact) mass is 411 g/mol. The molecule has 0 saturated heterocycles. The van der Waals surface area contributed by atoms with Gasteiger partial charge in [-0.15, -0.1) is 0 Å². The molecule has 6 nitrogen and oxygen atoms in total. The molecular formula is C14H19BrFNO5S. The second-order valence-corrected chi connectivity index (χ2v) is 8.45. The number of benzene rings is 1. The fourth-order valence-electron chi connectivity index (χ4n) is 1.64. The number of carbonyl (C=O) groups excluding carboxylic acids is 1. The van der Waals surface area contributed by atoms with Gasteiger partial charge >= 0.3 is 6.09 Å². The minimum absolute atomic E-state index is 0.339. The highest BCUT2D eigenvalue weighted by atomic mass is 79.9. The van der Waals surface area contributed by atoms with Crippen LogP contribution in [0.15, 0.2) is 22.7 Å². The van der Waals surface area contributed by atoms with Crippen LogP contribution in [0.5, 0.6) is 0 Å². The average molecular weight is 412 g/mol. The van der Waals surface area contributed by atoms with Gasteiger partial charge in [0.05, 0.1) is 18.9 Å². The molecule has 1 rings (SSSR count). The lowest BCUT2D eigenvalue weighted by Crippen LogP contribution is -2.37. The quantitative estimate of drug-likeness (QED) is 0.752. The van der Waals surface area contributed by atoms with Crippen LogP contribution in [0.25, 0.3) is 0 Å². The number of carbonyl (C=O) groups is 1. The molecule has 0 saturated carbocycles. The van der Waals surface area contributed by atoms with Crippen molar-refractivity contribution in [2.75, 3.05) is 12.9 Å². The number of hydrogen-bond acceptors (Lipinski definition) is 5. The highest BCUT2D eigenvalue weighted by molar-refractivity contribution is 9.10. The van der Waals surface area contributed by atoms with E-state index in [9.17, 15) is 17.6 Å². The van der Waals surface area contributed by atoms with Crippen molar-refractivity contribution in [1.29, 1.82) is 0 Å². The zero-order valence-corrected chi connectivity index (χ0v) is 15.6. The maximum absolute atomic E-state index is 13.5. The van der Waals surface area contributed by atoms with Crippen LogP contribution >= 0.6 is 15.9 Å². The van der Waals surface area contributed by atoms with Gasteiger partial charge in [0.25, 0.3) is 10.1 Å². The molecule has 0 spiro atoms. The molecule has 0 bridgehead atoms. The van der Waals surface area contributed by atoms with E-state index in [0.717, 1.165) is 6.26 Å². The van der Waals surface area contributed by atoms with Gasteiger partial charge in [0.2, 0.25) is 0 Å². The second-order valence-electron chi connectivity index (χ2n) is 5.89. The van der Waals surface area contributed by atoms with Gasteiger partial charge in [-0.25, -0.2) is 9.18 Å². The lowest BCUT2D eigenvalue weighted by molar-refractivity contribution is 0.0487. The first-order chi connectivity index (χ1) is 10.4. The fourth-order valence-corrected chi connectivity index (χ4v) is 2.51. The maximum atomic E-state index is 13.5. The van der Waals surface area contributed by atoms with E-state index < -0.39 is 33.7 Å². The number of nitrogens with one attached hydrogen (secondary N) is 1. The number of alkyl carbamates (subject to hydrolysis) is 1. The first-order valence-corrected chi connectivity index (χ1v) is 9.26. The zero-order valence-electron chi connectivity index (χ0n) is 13.2. The van der Waals surface area contributed by atoms with Crippen molar-refractivity contribution in [2.45, 2.75) is 32.4 Å². The maximum Gasteiger partial charge on any atom is 0.408 e. The molecule has 0 aromatic heterocycles. The third-order valence-electron chi connectivity index (χ3n) is 2.43. The van der Waals surface area contributed by atoms with Crippen LogP contribution in [0.3, 0.4) is 0 Å². The molecule has 0 aliphatic rings. The van der Waals surface area contributed by atoms with Crippen LogP contribution in [0.1, 0.15) is 32.4 Å². The molecule has 0 fully saturated rings. The molecule has 1 atom stereocenters. The number of amides is 1. The van der Waals surface area contributed by atoms with Gasteiger partial charge in [0, 0.05) is 4.47 Å². The lowest BCUT2D eigenvalue weighted by atomic mass is 10.1. The molecule has 1 aromatic rings. The van der Waals surface area contributed by atoms with E-state index >= 15 is 0 Å². The van der Waals surface area contributed by atoms with Crippen molar-refractivity contribution in [3.8, 4) is 0 Å². The van der Waals surface area contributed by atoms with Crippen molar-refractivity contribution >= 4 is 32.1 Å². The Balaban J connectivity index is 2.99. The second kappa shape index (κ2) is 7.59. The van der Waals surface area contributed by atoms with E-state index in [-0.39, 0.29) is 6.61 Å². The van der Waals surface area contributed by atoms with Crippen LogP contribution in [0.4, 0.5) is 9.18 Å². The highest BCUT2D eigenvalue weighted by Crippen LogP contribution is 2.22. The van der Waals surface area contributed by atoms with Crippen LogP contribution in [0, 0.1) is 5.82 Å². The van der Waals surface area contributed by atoms with E-state index in [1.807, 2.05) is 0 Å². The van der Waals surface area contributed by atoms with Gasteiger partial charge in [-0.2, -0.15) is 8.42 Å². The normalized spacial score (nSPS) is 13.5. The predicted molar refractivity (Wildman–Crippen MR) is 87.0 cm³/mol. The predicted octanol–water partition coefficient (Wildman–Crippen LogP) is 3.13. The molecule has 0 heterocycles. The summed E-state index contributed by atoms with van der Waals surface area (Å²) < 4.78 is 46.2. The molecule has 130 valence electrons. The standard InChI is InChI=1S/C14H19BrFNO5S/c1-14(2,3)22-13(18)17-12(8-21-23(4,19)20)9-5-10(15)7-11(16)6-9/h5-7,12H,8H2,1-4H3,(H,17,18). The zero-order chi connectivity index (χ0) is 17.8. The summed E-state index contributed by atoms with van der Waals surface area (Å²) in [6.45, 7) is 4.68. The van der Waals surface area contributed by atoms with Crippen LogP contribution in [0.2, 0.25) is 0 Å². The minimum Gasteiger partial charge on any atom is -0.444 e. The average Bonchev–Trinajstić information content (AvgIpc) is 2.29. The molecular weight excluding hydrogens is 393 g/mol. The third-order valence-corrected chi connectivity index (χ3v) is 3.45. The summed E-state index contributed by atoms with van der Waals surface area (Å²) in [5.41, 5.74) is -0.388. The third kappa shape index (κ3) is 8.29. The van der Waals surface area contributed by atoms with E-state index in [0.29, 0.717) is 10.0 Å². The molecule has 1 unspecified atom stereocenters. The molecule has 9 heteroatoms. The Labute approximate surface area is 143 Å². The van der Waals surface area contributed by atoms with E-state index in [1.165, 1.54) is 12.1 Å². The summed E-state index contributed by atoms with van der Waals surface area (Å²) in [5.74, 6) is -0.537. The Bertz CT molecular complexity index is 652. The van der Waals surface area contributed by atoms with Gasteiger partial charge < -0.3 is 10.1 Å². The number of rotatable bonds is 5. The van der Waals surface area contributed by atoms with Crippen molar-refractivity contribution in [1.82, 2.24) is 5.32 Å². The Kier molecular flexibility index (Phi) is 6.55. The Morgan fingerprint density at radius 3 is 2.43 bits per heavy atom. The summed E-state index contributed by atoms with van der Waals surface area (Å²) in [6.07, 6.45) is 0.124. The van der Waals surface area contributed by atoms with Crippen LogP contribution in [-0.4, -0.2) is 33.0 Å². The van der Waals surface area contributed by atoms with Gasteiger partial charge in [0.15, 0.2) is 0 Å². The van der Waals surface area contributed by atoms with Crippen LogP contribution < -0.4 is 5.32 Å². The summed E-state index contributed by atoms with van der Waals surface area (Å²) in [4.78, 5) is 11.9. The van der Waals surface area contributed by atoms with Gasteiger partial charge in [-0.05, 0) is 44.5 Å². The van der Waals surface area contributed by atoms with Gasteiger partial charge in [-0.3, -0.25) is 4.18 Å². The smallest absolute Gasteiger partial charge is 0.408 e. The molecule has 0 aliphatic heterocycles. The summed E-state index contributed by atoms with van der Waals surface area (Å²) >= 11 is 3.14. The largest absolute Gasteiger partial charge is 0.444 e. The molecule has 1 aromatic carbocycles. The molecule has 1 amide bonds. The first-order valence-electron chi connectivity index (χ1n) is 6.65. The van der Waals surface area contributed by atoms with Gasteiger partial charge in [-0.1, -0.05) is 15.9 Å². The first kappa shape index (κ1) is 19.9. The molecule has 0 radical (unpaired) electrons. The number of ether oxygens (including phenoxy) is 1.